The molecule has 1 saturated carbocycles. The van der Waals surface area contributed by atoms with Crippen molar-refractivity contribution in [3.63, 3.8) is 0 Å². The summed E-state index contributed by atoms with van der Waals surface area (Å²) in [5, 5.41) is 6.23. The SMILES string of the molecule is CCN(CC)c1ccc2cc(C(=O)NCCCCNC(=O)CCC(=O)OC3OC4OC5(C)CCC6CCCC(C3C)C64OO5)c(=O)oc2c1. The molecular weight excluding hydrogens is 634 g/mol. The predicted molar refractivity (Wildman–Crippen MR) is 178 cm³/mol. The molecule has 13 nitrogen and oxygen atoms in total. The zero-order chi connectivity index (χ0) is 34.8. The van der Waals surface area contributed by atoms with Crippen molar-refractivity contribution in [2.75, 3.05) is 31.1 Å². The Kier molecular flexibility index (Phi) is 10.6. The van der Waals surface area contributed by atoms with Gasteiger partial charge in [-0.05, 0) is 77.0 Å². The molecule has 2 aromatic rings. The van der Waals surface area contributed by atoms with Gasteiger partial charge >= 0.3 is 11.6 Å². The van der Waals surface area contributed by atoms with Crippen LogP contribution >= 0.6 is 0 Å². The lowest BCUT2D eigenvalue weighted by Gasteiger charge is -2.58. The fraction of sp³-hybridized carbons (Fsp3) is 0.667. The van der Waals surface area contributed by atoms with Crippen molar-refractivity contribution >= 4 is 34.4 Å². The first kappa shape index (κ1) is 35.3. The summed E-state index contributed by atoms with van der Waals surface area (Å²) < 4.78 is 23.7. The number of nitrogens with zero attached hydrogens (tertiary/aromatic N) is 1. The number of ether oxygens (including phenoxy) is 3. The van der Waals surface area contributed by atoms with Gasteiger partial charge in [-0.1, -0.05) is 13.3 Å². The van der Waals surface area contributed by atoms with Gasteiger partial charge in [0.05, 0.1) is 6.42 Å². The van der Waals surface area contributed by atoms with Crippen LogP contribution in [0.2, 0.25) is 0 Å². The lowest BCUT2D eigenvalue weighted by Crippen LogP contribution is -2.69. The van der Waals surface area contributed by atoms with Crippen molar-refractivity contribution in [1.82, 2.24) is 10.6 Å². The third-order valence-corrected chi connectivity index (χ3v) is 10.7. The number of hydrogen-bond acceptors (Lipinski definition) is 11. The summed E-state index contributed by atoms with van der Waals surface area (Å²) in [4.78, 5) is 64.5. The number of benzene rings is 1. The number of hydrogen-bond donors (Lipinski definition) is 2. The van der Waals surface area contributed by atoms with Gasteiger partial charge in [-0.15, -0.1) is 0 Å². The van der Waals surface area contributed by atoms with Crippen LogP contribution in [0.15, 0.2) is 33.5 Å². The minimum atomic E-state index is -0.902. The highest BCUT2D eigenvalue weighted by molar-refractivity contribution is 5.97. The number of carbonyl (C=O) groups is 3. The Hall–Kier alpha value is -3.52. The molecule has 5 heterocycles. The minimum Gasteiger partial charge on any atom is -0.435 e. The van der Waals surface area contributed by atoms with E-state index < -0.39 is 41.5 Å². The molecule has 4 saturated heterocycles. The molecule has 7 unspecified atom stereocenters. The van der Waals surface area contributed by atoms with Gasteiger partial charge < -0.3 is 34.2 Å². The second-order valence-corrected chi connectivity index (χ2v) is 13.9. The van der Waals surface area contributed by atoms with Crippen molar-refractivity contribution in [1.29, 1.82) is 0 Å². The molecule has 13 heteroatoms. The zero-order valence-corrected chi connectivity index (χ0v) is 28.9. The van der Waals surface area contributed by atoms with Crippen LogP contribution in [0.5, 0.6) is 0 Å². The summed E-state index contributed by atoms with van der Waals surface area (Å²) in [7, 11) is 0. The van der Waals surface area contributed by atoms with Crippen molar-refractivity contribution in [2.45, 2.75) is 109 Å². The van der Waals surface area contributed by atoms with E-state index in [1.54, 1.807) is 6.07 Å². The number of carbonyl (C=O) groups excluding carboxylic acids is 3. The molecule has 1 aromatic heterocycles. The van der Waals surface area contributed by atoms with Gasteiger partial charge in [0, 0.05) is 68.0 Å². The van der Waals surface area contributed by atoms with Crippen LogP contribution < -0.4 is 21.2 Å². The summed E-state index contributed by atoms with van der Waals surface area (Å²) in [5.41, 5.74) is -0.0644. The minimum absolute atomic E-state index is 0.0186. The number of anilines is 1. The molecule has 2 amide bonds. The maximum atomic E-state index is 12.8. The Morgan fingerprint density at radius 3 is 2.55 bits per heavy atom. The van der Waals surface area contributed by atoms with Crippen LogP contribution in [0, 0.1) is 17.8 Å². The highest BCUT2D eigenvalue weighted by Gasteiger charge is 2.68. The Bertz CT molecular complexity index is 1590. The second-order valence-electron chi connectivity index (χ2n) is 13.9. The van der Waals surface area contributed by atoms with Gasteiger partial charge in [0.2, 0.25) is 18.0 Å². The number of nitrogens with one attached hydrogen (secondary N) is 2. The monoisotopic (exact) mass is 683 g/mol. The summed E-state index contributed by atoms with van der Waals surface area (Å²) in [6.07, 6.45) is 4.19. The number of unbranched alkanes of at least 4 members (excludes halogenated alkanes) is 1. The number of esters is 1. The van der Waals surface area contributed by atoms with E-state index in [2.05, 4.69) is 29.4 Å². The fourth-order valence-corrected chi connectivity index (χ4v) is 7.97. The summed E-state index contributed by atoms with van der Waals surface area (Å²) in [6, 6.07) is 7.15. The normalized spacial score (nSPS) is 30.2. The summed E-state index contributed by atoms with van der Waals surface area (Å²) >= 11 is 0. The lowest BCUT2D eigenvalue weighted by molar-refractivity contribution is -0.575. The Balaban J connectivity index is 0.899. The highest BCUT2D eigenvalue weighted by atomic mass is 17.3. The Morgan fingerprint density at radius 2 is 1.78 bits per heavy atom. The fourth-order valence-electron chi connectivity index (χ4n) is 7.97. The first-order chi connectivity index (χ1) is 23.6. The molecule has 7 rings (SSSR count). The molecule has 5 fully saturated rings. The zero-order valence-electron chi connectivity index (χ0n) is 28.9. The third kappa shape index (κ3) is 7.21. The molecule has 1 spiro atoms. The molecule has 1 aromatic carbocycles. The third-order valence-electron chi connectivity index (χ3n) is 10.7. The molecule has 4 aliphatic heterocycles. The Morgan fingerprint density at radius 1 is 1.00 bits per heavy atom. The van der Waals surface area contributed by atoms with Crippen LogP contribution in [0.25, 0.3) is 11.0 Å². The Labute approximate surface area is 286 Å². The largest absolute Gasteiger partial charge is 0.435 e. The molecule has 2 bridgehead atoms. The lowest BCUT2D eigenvalue weighted by atomic mass is 9.61. The molecule has 1 aliphatic carbocycles. The number of fused-ring (bicyclic) bond motifs is 3. The quantitative estimate of drug-likeness (QED) is 0.132. The van der Waals surface area contributed by atoms with Crippen LogP contribution in [0.4, 0.5) is 5.69 Å². The molecular formula is C36H49N3O10. The van der Waals surface area contributed by atoms with Gasteiger partial charge in [-0.2, -0.15) is 0 Å². The first-order valence-corrected chi connectivity index (χ1v) is 17.8. The van der Waals surface area contributed by atoms with Crippen LogP contribution in [-0.4, -0.2) is 67.9 Å². The first-order valence-electron chi connectivity index (χ1n) is 17.8. The smallest absolute Gasteiger partial charge is 0.349 e. The molecule has 268 valence electrons. The molecule has 2 N–H and O–H groups in total. The van der Waals surface area contributed by atoms with E-state index in [4.69, 9.17) is 28.4 Å². The summed E-state index contributed by atoms with van der Waals surface area (Å²) in [6.45, 7) is 10.3. The van der Waals surface area contributed by atoms with Gasteiger partial charge in [-0.25, -0.2) is 14.6 Å². The summed E-state index contributed by atoms with van der Waals surface area (Å²) in [5.74, 6) is -2.02. The average Bonchev–Trinajstić information content (AvgIpc) is 3.31. The van der Waals surface area contributed by atoms with E-state index in [1.807, 2.05) is 32.0 Å². The van der Waals surface area contributed by atoms with Gasteiger partial charge in [0.25, 0.3) is 5.91 Å². The molecule has 49 heavy (non-hydrogen) atoms. The highest BCUT2D eigenvalue weighted by Crippen LogP contribution is 2.59. The molecule has 5 aliphatic rings. The van der Waals surface area contributed by atoms with E-state index >= 15 is 0 Å². The van der Waals surface area contributed by atoms with Gasteiger partial charge in [0.1, 0.15) is 11.1 Å². The predicted octanol–water partition coefficient (Wildman–Crippen LogP) is 4.55. The van der Waals surface area contributed by atoms with Crippen molar-refractivity contribution in [3.8, 4) is 0 Å². The van der Waals surface area contributed by atoms with Crippen molar-refractivity contribution in [3.05, 3.63) is 40.2 Å². The van der Waals surface area contributed by atoms with E-state index in [0.29, 0.717) is 43.3 Å². The average molecular weight is 684 g/mol. The topological polar surface area (TPSA) is 155 Å². The number of rotatable bonds is 13. The van der Waals surface area contributed by atoms with E-state index in [-0.39, 0.29) is 42.1 Å². The molecule has 0 radical (unpaired) electrons. The standard InChI is InChI=1S/C36H49N3O10/c1-5-39(6-2)25-13-12-23-20-26(32(43)44-28(23)21-25)31(42)38-19-8-7-18-37-29(40)14-15-30(41)45-33-22(3)27-11-9-10-24-16-17-35(4)47-34(46-33)36(24,27)49-48-35/h12-13,20-22,24,27,33-34H,5-11,14-19H2,1-4H3,(H,37,40)(H,38,42). The van der Waals surface area contributed by atoms with Crippen LogP contribution in [0.1, 0.15) is 95.8 Å². The van der Waals surface area contributed by atoms with Crippen LogP contribution in [0.3, 0.4) is 0 Å². The van der Waals surface area contributed by atoms with E-state index in [1.165, 1.54) is 0 Å². The van der Waals surface area contributed by atoms with Gasteiger partial charge in [-0.3, -0.25) is 14.4 Å². The van der Waals surface area contributed by atoms with Crippen molar-refractivity contribution < 1.29 is 42.8 Å². The van der Waals surface area contributed by atoms with Crippen molar-refractivity contribution in [2.24, 2.45) is 17.8 Å². The van der Waals surface area contributed by atoms with Crippen LogP contribution in [-0.2, 0) is 33.6 Å². The number of amides is 2. The van der Waals surface area contributed by atoms with Gasteiger partial charge in [0.15, 0.2) is 11.9 Å². The van der Waals surface area contributed by atoms with E-state index in [9.17, 15) is 19.2 Å². The maximum absolute atomic E-state index is 12.8. The van der Waals surface area contributed by atoms with E-state index in [0.717, 1.165) is 44.5 Å². The maximum Gasteiger partial charge on any atom is 0.349 e. The second kappa shape index (κ2) is 14.8. The molecule has 7 atom stereocenters.